The molecular formula is C21H16N2O6. The first kappa shape index (κ1) is 18.4. The van der Waals surface area contributed by atoms with Crippen molar-refractivity contribution in [3.8, 4) is 0 Å². The van der Waals surface area contributed by atoms with Crippen molar-refractivity contribution in [2.24, 2.45) is 0 Å². The largest absolute Gasteiger partial charge is 0.460 e. The van der Waals surface area contributed by atoms with Crippen molar-refractivity contribution in [1.82, 2.24) is 10.2 Å². The number of aromatic nitrogens is 2. The number of furan rings is 1. The van der Waals surface area contributed by atoms with Crippen molar-refractivity contribution in [2.45, 2.75) is 13.5 Å². The number of esters is 2. The van der Waals surface area contributed by atoms with E-state index in [9.17, 15) is 14.4 Å². The van der Waals surface area contributed by atoms with Gasteiger partial charge in [-0.2, -0.15) is 5.10 Å². The Balaban J connectivity index is 1.68. The van der Waals surface area contributed by atoms with Gasteiger partial charge in [0.2, 0.25) is 5.76 Å². The van der Waals surface area contributed by atoms with Gasteiger partial charge in [0.1, 0.15) is 12.2 Å². The zero-order valence-electron chi connectivity index (χ0n) is 15.4. The van der Waals surface area contributed by atoms with Gasteiger partial charge in [0.25, 0.3) is 5.56 Å². The number of benzene rings is 2. The van der Waals surface area contributed by atoms with Crippen LogP contribution in [0.2, 0.25) is 0 Å². The lowest BCUT2D eigenvalue weighted by Crippen LogP contribution is -2.16. The summed E-state index contributed by atoms with van der Waals surface area (Å²) in [6, 6.07) is 13.6. The molecule has 0 spiro atoms. The first-order valence-corrected chi connectivity index (χ1v) is 8.92. The Kier molecular flexibility index (Phi) is 4.82. The molecule has 0 radical (unpaired) electrons. The number of hydrogen-bond acceptors (Lipinski definition) is 7. The van der Waals surface area contributed by atoms with Crippen molar-refractivity contribution >= 4 is 33.7 Å². The third kappa shape index (κ3) is 3.36. The minimum absolute atomic E-state index is 0.0138. The molecule has 2 aromatic heterocycles. The van der Waals surface area contributed by atoms with Crippen molar-refractivity contribution in [1.29, 1.82) is 0 Å². The molecule has 29 heavy (non-hydrogen) atoms. The van der Waals surface area contributed by atoms with E-state index in [2.05, 4.69) is 10.2 Å². The summed E-state index contributed by atoms with van der Waals surface area (Å²) in [6.07, 6.45) is 0. The fourth-order valence-electron chi connectivity index (χ4n) is 3.08. The van der Waals surface area contributed by atoms with Gasteiger partial charge in [-0.15, -0.1) is 0 Å². The predicted molar refractivity (Wildman–Crippen MR) is 104 cm³/mol. The number of carbonyl (C=O) groups excluding carboxylic acids is 2. The Morgan fingerprint density at radius 2 is 1.66 bits per heavy atom. The quantitative estimate of drug-likeness (QED) is 0.519. The topological polar surface area (TPSA) is 111 Å². The average molecular weight is 392 g/mol. The highest BCUT2D eigenvalue weighted by molar-refractivity contribution is 6.02. The van der Waals surface area contributed by atoms with Crippen LogP contribution in [0.15, 0.2) is 57.7 Å². The van der Waals surface area contributed by atoms with Gasteiger partial charge in [0, 0.05) is 10.8 Å². The Morgan fingerprint density at radius 3 is 2.41 bits per heavy atom. The van der Waals surface area contributed by atoms with E-state index >= 15 is 0 Å². The van der Waals surface area contributed by atoms with Gasteiger partial charge < -0.3 is 13.9 Å². The molecule has 2 aromatic carbocycles. The first-order valence-electron chi connectivity index (χ1n) is 8.92. The van der Waals surface area contributed by atoms with E-state index in [1.807, 2.05) is 0 Å². The van der Waals surface area contributed by atoms with Crippen LogP contribution in [0, 0.1) is 0 Å². The van der Waals surface area contributed by atoms with Crippen molar-refractivity contribution < 1.29 is 23.5 Å². The summed E-state index contributed by atoms with van der Waals surface area (Å²) in [6.45, 7) is 1.65. The molecule has 0 fully saturated rings. The molecule has 0 aliphatic carbocycles. The van der Waals surface area contributed by atoms with E-state index in [4.69, 9.17) is 13.9 Å². The summed E-state index contributed by atoms with van der Waals surface area (Å²) >= 11 is 0. The fraction of sp³-hybridized carbons (Fsp3) is 0.143. The summed E-state index contributed by atoms with van der Waals surface area (Å²) in [5.74, 6) is -1.39. The molecule has 8 heteroatoms. The molecule has 1 N–H and O–H groups in total. The summed E-state index contributed by atoms with van der Waals surface area (Å²) < 4.78 is 16.0. The van der Waals surface area contributed by atoms with E-state index in [1.165, 1.54) is 0 Å². The van der Waals surface area contributed by atoms with Crippen LogP contribution in [-0.2, 0) is 16.1 Å². The van der Waals surface area contributed by atoms with Gasteiger partial charge in [0.15, 0.2) is 5.69 Å². The molecule has 0 amide bonds. The number of nitrogens with one attached hydrogen (secondary N) is 1. The number of carbonyl (C=O) groups is 2. The van der Waals surface area contributed by atoms with Crippen LogP contribution in [0.4, 0.5) is 0 Å². The molecule has 0 saturated carbocycles. The number of para-hydroxylation sites is 1. The lowest BCUT2D eigenvalue weighted by atomic mass is 10.1. The van der Waals surface area contributed by atoms with Crippen LogP contribution in [0.1, 0.15) is 33.5 Å². The van der Waals surface area contributed by atoms with E-state index in [1.54, 1.807) is 55.5 Å². The molecule has 2 heterocycles. The van der Waals surface area contributed by atoms with E-state index in [-0.39, 0.29) is 24.7 Å². The van der Waals surface area contributed by atoms with Gasteiger partial charge >= 0.3 is 11.9 Å². The maximum atomic E-state index is 12.7. The number of hydrogen-bond donors (Lipinski definition) is 1. The molecule has 0 atom stereocenters. The monoisotopic (exact) mass is 392 g/mol. The molecule has 4 rings (SSSR count). The molecule has 0 bridgehead atoms. The third-order valence-corrected chi connectivity index (χ3v) is 4.40. The van der Waals surface area contributed by atoms with Gasteiger partial charge in [-0.25, -0.2) is 14.7 Å². The zero-order chi connectivity index (χ0) is 20.4. The van der Waals surface area contributed by atoms with Crippen molar-refractivity contribution in [2.75, 3.05) is 6.61 Å². The van der Waals surface area contributed by atoms with Crippen LogP contribution in [0.25, 0.3) is 21.7 Å². The highest BCUT2D eigenvalue weighted by Gasteiger charge is 2.24. The predicted octanol–water partition coefficient (Wildman–Crippen LogP) is 3.20. The Bertz CT molecular complexity index is 1290. The maximum absolute atomic E-state index is 12.7. The number of aromatic amines is 1. The Hall–Kier alpha value is -3.94. The summed E-state index contributed by atoms with van der Waals surface area (Å²) in [5, 5.41) is 7.47. The number of H-pyrrole nitrogens is 1. The maximum Gasteiger partial charge on any atom is 0.374 e. The van der Waals surface area contributed by atoms with Gasteiger partial charge in [0.05, 0.1) is 17.6 Å². The van der Waals surface area contributed by atoms with Gasteiger partial charge in [-0.1, -0.05) is 36.4 Å². The standard InChI is InChI=1S/C21H16N2O6/c1-2-27-21(26)18-15(12-7-5-6-10-16(12)29-18)11-28-20(25)17-13-8-3-4-9-14(13)19(24)23-22-17/h3-10H,2,11H2,1H3,(H,23,24). The summed E-state index contributed by atoms with van der Waals surface area (Å²) in [7, 11) is 0. The highest BCUT2D eigenvalue weighted by atomic mass is 16.5. The first-order chi connectivity index (χ1) is 14.1. The molecule has 8 nitrogen and oxygen atoms in total. The van der Waals surface area contributed by atoms with Crippen LogP contribution in [0.3, 0.4) is 0 Å². The van der Waals surface area contributed by atoms with E-state index in [0.717, 1.165) is 0 Å². The van der Waals surface area contributed by atoms with Crippen LogP contribution < -0.4 is 5.56 Å². The van der Waals surface area contributed by atoms with E-state index in [0.29, 0.717) is 27.3 Å². The lowest BCUT2D eigenvalue weighted by Gasteiger charge is -2.07. The van der Waals surface area contributed by atoms with Crippen molar-refractivity contribution in [3.63, 3.8) is 0 Å². The van der Waals surface area contributed by atoms with Crippen LogP contribution in [-0.4, -0.2) is 28.7 Å². The SMILES string of the molecule is CCOC(=O)c1oc2ccccc2c1COC(=O)c1n[nH]c(=O)c2ccccc12. The minimum atomic E-state index is -0.738. The average Bonchev–Trinajstić information content (AvgIpc) is 3.11. The Labute approximate surface area is 164 Å². The lowest BCUT2D eigenvalue weighted by molar-refractivity contribution is 0.0432. The molecule has 146 valence electrons. The molecule has 0 aliphatic heterocycles. The normalized spacial score (nSPS) is 10.9. The summed E-state index contributed by atoms with van der Waals surface area (Å²) in [5.41, 5.74) is 0.462. The minimum Gasteiger partial charge on any atom is -0.460 e. The Morgan fingerprint density at radius 1 is 0.966 bits per heavy atom. The van der Waals surface area contributed by atoms with Gasteiger partial charge in [-0.05, 0) is 19.1 Å². The second-order valence-corrected chi connectivity index (χ2v) is 6.15. The fourth-order valence-corrected chi connectivity index (χ4v) is 3.08. The molecule has 4 aromatic rings. The van der Waals surface area contributed by atoms with Crippen molar-refractivity contribution in [3.05, 3.63) is 75.9 Å². The smallest absolute Gasteiger partial charge is 0.374 e. The second-order valence-electron chi connectivity index (χ2n) is 6.15. The number of ether oxygens (including phenoxy) is 2. The number of rotatable bonds is 5. The number of nitrogens with zero attached hydrogens (tertiary/aromatic N) is 1. The second kappa shape index (κ2) is 7.59. The highest BCUT2D eigenvalue weighted by Crippen LogP contribution is 2.27. The molecule has 0 saturated heterocycles. The third-order valence-electron chi connectivity index (χ3n) is 4.40. The van der Waals surface area contributed by atoms with E-state index < -0.39 is 17.5 Å². The number of fused-ring (bicyclic) bond motifs is 2. The molecular weight excluding hydrogens is 376 g/mol. The zero-order valence-corrected chi connectivity index (χ0v) is 15.4. The van der Waals surface area contributed by atoms with Gasteiger partial charge in [-0.3, -0.25) is 4.79 Å². The molecule has 0 aliphatic rings. The molecule has 0 unspecified atom stereocenters. The summed E-state index contributed by atoms with van der Waals surface area (Å²) in [4.78, 5) is 36.8. The van der Waals surface area contributed by atoms with Crippen LogP contribution in [0.5, 0.6) is 0 Å². The van der Waals surface area contributed by atoms with Crippen LogP contribution >= 0.6 is 0 Å².